The normalized spacial score (nSPS) is 30.3. The Morgan fingerprint density at radius 1 is 0.882 bits per heavy atom. The predicted octanol–water partition coefficient (Wildman–Crippen LogP) is 9.85. The number of aryl methyl sites for hydroxylation is 1. The van der Waals surface area contributed by atoms with Gasteiger partial charge in [0.25, 0.3) is 0 Å². The maximum Gasteiger partial charge on any atom is 0.166 e. The number of halogens is 2. The van der Waals surface area contributed by atoms with Crippen LogP contribution in [0.25, 0.3) is 5.57 Å². The van der Waals surface area contributed by atoms with Crippen molar-refractivity contribution in [2.75, 3.05) is 0 Å². The lowest BCUT2D eigenvalue weighted by molar-refractivity contribution is 0.192. The predicted molar refractivity (Wildman–Crippen MR) is 141 cm³/mol. The molecule has 2 saturated carbocycles. The minimum Gasteiger partial charge on any atom is -0.203 e. The number of hydrogen-bond acceptors (Lipinski definition) is 0. The van der Waals surface area contributed by atoms with Gasteiger partial charge in [-0.2, -0.15) is 0 Å². The summed E-state index contributed by atoms with van der Waals surface area (Å²) in [5, 5.41) is 0. The lowest BCUT2D eigenvalue weighted by atomic mass is 9.70. The third-order valence-corrected chi connectivity index (χ3v) is 9.23. The van der Waals surface area contributed by atoms with Crippen LogP contribution in [0.5, 0.6) is 0 Å². The first kappa shape index (κ1) is 25.4. The first-order chi connectivity index (χ1) is 16.6. The minimum absolute atomic E-state index is 0.490. The molecule has 0 spiro atoms. The van der Waals surface area contributed by atoms with Crippen molar-refractivity contribution < 1.29 is 8.78 Å². The van der Waals surface area contributed by atoms with Crippen LogP contribution in [0.1, 0.15) is 102 Å². The molecule has 1 aromatic carbocycles. The Labute approximate surface area is 206 Å². The first-order valence-corrected chi connectivity index (χ1v) is 14.0. The summed E-state index contributed by atoms with van der Waals surface area (Å²) in [6.45, 7) is 6.22. The summed E-state index contributed by atoms with van der Waals surface area (Å²) in [7, 11) is 0. The SMILES string of the molecule is C=CC1CCC(/C=C/CCc2ccc(C3=CCC(C4CCC(CC)CC4)CC3)c(F)c2F)CC1. The Bertz CT molecular complexity index is 863. The van der Waals surface area contributed by atoms with Crippen LogP contribution in [0.4, 0.5) is 8.78 Å². The van der Waals surface area contributed by atoms with E-state index in [9.17, 15) is 4.39 Å². The molecule has 3 aliphatic carbocycles. The van der Waals surface area contributed by atoms with Crippen molar-refractivity contribution in [2.45, 2.75) is 96.8 Å². The number of hydrogen-bond donors (Lipinski definition) is 0. The quantitative estimate of drug-likeness (QED) is 0.334. The van der Waals surface area contributed by atoms with Crippen molar-refractivity contribution in [1.29, 1.82) is 0 Å². The zero-order valence-corrected chi connectivity index (χ0v) is 21.2. The van der Waals surface area contributed by atoms with E-state index in [2.05, 4.69) is 37.8 Å². The van der Waals surface area contributed by atoms with Gasteiger partial charge in [-0.3, -0.25) is 0 Å². The Kier molecular flexibility index (Phi) is 9.20. The van der Waals surface area contributed by atoms with Gasteiger partial charge in [0, 0.05) is 5.56 Å². The summed E-state index contributed by atoms with van der Waals surface area (Å²) in [6, 6.07) is 3.64. The standard InChI is InChI=1S/C32H44F2/c1-3-23-9-11-25(12-10-23)7-5-6-8-29-21-22-30(32(34)31(29)33)28-19-17-27(18-20-28)26-15-13-24(4-2)14-16-26/h3,5,7,19,21-27H,1,4,6,8-18,20H2,2H3/b7-5+. The molecule has 0 amide bonds. The van der Waals surface area contributed by atoms with Gasteiger partial charge >= 0.3 is 0 Å². The smallest absolute Gasteiger partial charge is 0.166 e. The second kappa shape index (κ2) is 12.3. The molecule has 2 heteroatoms. The van der Waals surface area contributed by atoms with Crippen molar-refractivity contribution in [3.05, 3.63) is 65.8 Å². The van der Waals surface area contributed by atoms with E-state index >= 15 is 4.39 Å². The second-order valence-corrected chi connectivity index (χ2v) is 11.2. The summed E-state index contributed by atoms with van der Waals surface area (Å²) in [5.74, 6) is 2.50. The zero-order valence-electron chi connectivity index (χ0n) is 21.2. The molecular formula is C32H44F2. The molecule has 1 atom stereocenters. The van der Waals surface area contributed by atoms with Gasteiger partial charge in [0.1, 0.15) is 0 Å². The Balaban J connectivity index is 1.29. The molecule has 4 rings (SSSR count). The van der Waals surface area contributed by atoms with Gasteiger partial charge in [0.05, 0.1) is 0 Å². The topological polar surface area (TPSA) is 0 Å². The average molecular weight is 467 g/mol. The monoisotopic (exact) mass is 466 g/mol. The Morgan fingerprint density at radius 2 is 1.62 bits per heavy atom. The molecule has 0 radical (unpaired) electrons. The molecule has 1 aromatic rings. The molecule has 0 nitrogen and oxygen atoms in total. The van der Waals surface area contributed by atoms with E-state index in [0.717, 1.165) is 49.0 Å². The molecule has 0 bridgehead atoms. The van der Waals surface area contributed by atoms with Crippen LogP contribution in [-0.2, 0) is 6.42 Å². The largest absolute Gasteiger partial charge is 0.203 e. The lowest BCUT2D eigenvalue weighted by Gasteiger charge is -2.35. The molecular weight excluding hydrogens is 422 g/mol. The van der Waals surface area contributed by atoms with Gasteiger partial charge in [-0.1, -0.05) is 62.6 Å². The van der Waals surface area contributed by atoms with Crippen molar-refractivity contribution in [3.63, 3.8) is 0 Å². The van der Waals surface area contributed by atoms with Crippen LogP contribution < -0.4 is 0 Å². The minimum atomic E-state index is -0.641. The van der Waals surface area contributed by atoms with E-state index in [1.165, 1.54) is 57.8 Å². The molecule has 3 aliphatic rings. The summed E-state index contributed by atoms with van der Waals surface area (Å²) in [6.07, 6.45) is 24.7. The summed E-state index contributed by atoms with van der Waals surface area (Å²) in [5.41, 5.74) is 2.00. The Morgan fingerprint density at radius 3 is 2.26 bits per heavy atom. The zero-order chi connectivity index (χ0) is 23.9. The second-order valence-electron chi connectivity index (χ2n) is 11.2. The number of allylic oxidation sites excluding steroid dienone is 5. The van der Waals surface area contributed by atoms with Gasteiger partial charge in [0.15, 0.2) is 11.6 Å². The number of rotatable bonds is 8. The molecule has 0 aliphatic heterocycles. The molecule has 0 saturated heterocycles. The van der Waals surface area contributed by atoms with Crippen molar-refractivity contribution in [2.24, 2.45) is 29.6 Å². The maximum absolute atomic E-state index is 15.0. The summed E-state index contributed by atoms with van der Waals surface area (Å²) >= 11 is 0. The van der Waals surface area contributed by atoms with Gasteiger partial charge in [-0.15, -0.1) is 6.58 Å². The molecule has 2 fully saturated rings. The fraction of sp³-hybridized carbons (Fsp3) is 0.625. The van der Waals surface area contributed by atoms with Crippen LogP contribution in [-0.4, -0.2) is 0 Å². The molecule has 0 N–H and O–H groups in total. The molecule has 34 heavy (non-hydrogen) atoms. The average Bonchev–Trinajstić information content (AvgIpc) is 2.89. The van der Waals surface area contributed by atoms with Crippen LogP contribution in [0.2, 0.25) is 0 Å². The van der Waals surface area contributed by atoms with E-state index < -0.39 is 11.6 Å². The van der Waals surface area contributed by atoms with Crippen LogP contribution in [0.15, 0.2) is 43.0 Å². The van der Waals surface area contributed by atoms with E-state index in [1.54, 1.807) is 0 Å². The van der Waals surface area contributed by atoms with Crippen molar-refractivity contribution in [1.82, 2.24) is 0 Å². The van der Waals surface area contributed by atoms with E-state index in [-0.39, 0.29) is 0 Å². The molecule has 1 unspecified atom stereocenters. The molecule has 0 aromatic heterocycles. The highest BCUT2D eigenvalue weighted by atomic mass is 19.2. The van der Waals surface area contributed by atoms with Gasteiger partial charge in [-0.25, -0.2) is 8.78 Å². The van der Waals surface area contributed by atoms with Crippen LogP contribution >= 0.6 is 0 Å². The summed E-state index contributed by atoms with van der Waals surface area (Å²) < 4.78 is 29.9. The van der Waals surface area contributed by atoms with Gasteiger partial charge in [0.2, 0.25) is 0 Å². The fourth-order valence-electron chi connectivity index (χ4n) is 6.73. The van der Waals surface area contributed by atoms with Gasteiger partial charge < -0.3 is 0 Å². The highest BCUT2D eigenvalue weighted by Gasteiger charge is 2.29. The maximum atomic E-state index is 15.0. The Hall–Kier alpha value is -1.70. The van der Waals surface area contributed by atoms with Crippen LogP contribution in [0.3, 0.4) is 0 Å². The third-order valence-electron chi connectivity index (χ3n) is 9.23. The van der Waals surface area contributed by atoms with E-state index in [1.807, 2.05) is 12.1 Å². The number of benzene rings is 1. The van der Waals surface area contributed by atoms with Crippen molar-refractivity contribution in [3.8, 4) is 0 Å². The van der Waals surface area contributed by atoms with Gasteiger partial charge in [-0.05, 0) is 111 Å². The third kappa shape index (κ3) is 6.29. The summed E-state index contributed by atoms with van der Waals surface area (Å²) in [4.78, 5) is 0. The molecule has 0 heterocycles. The van der Waals surface area contributed by atoms with E-state index in [0.29, 0.717) is 29.4 Å². The van der Waals surface area contributed by atoms with E-state index in [4.69, 9.17) is 0 Å². The lowest BCUT2D eigenvalue weighted by Crippen LogP contribution is -2.23. The van der Waals surface area contributed by atoms with Crippen molar-refractivity contribution >= 4 is 5.57 Å². The first-order valence-electron chi connectivity index (χ1n) is 14.0. The van der Waals surface area contributed by atoms with Crippen LogP contribution in [0, 0.1) is 41.2 Å². The highest BCUT2D eigenvalue weighted by molar-refractivity contribution is 5.67. The highest BCUT2D eigenvalue weighted by Crippen LogP contribution is 2.42. The fourth-order valence-corrected chi connectivity index (χ4v) is 6.73. The molecule has 186 valence electrons.